The molecule has 0 atom stereocenters. The lowest BCUT2D eigenvalue weighted by Crippen LogP contribution is -2.36. The molecule has 1 aromatic carbocycles. The third-order valence-corrected chi connectivity index (χ3v) is 3.29. The Balaban J connectivity index is 2.67. The lowest BCUT2D eigenvalue weighted by Gasteiger charge is -2.19. The highest BCUT2D eigenvalue weighted by Crippen LogP contribution is 2.23. The first-order valence-corrected chi connectivity index (χ1v) is 5.78. The number of nitrogens with one attached hydrogen (secondary N) is 1. The summed E-state index contributed by atoms with van der Waals surface area (Å²) < 4.78 is 0.905. The molecule has 15 heavy (non-hydrogen) atoms. The van der Waals surface area contributed by atoms with E-state index in [2.05, 4.69) is 27.2 Å². The fourth-order valence-corrected chi connectivity index (χ4v) is 1.57. The molecule has 0 bridgehead atoms. The zero-order valence-electron chi connectivity index (χ0n) is 8.77. The Kier molecular flexibility index (Phi) is 4.21. The number of benzene rings is 1. The maximum atomic E-state index is 5.90. The van der Waals surface area contributed by atoms with E-state index in [0.717, 1.165) is 21.6 Å². The maximum Gasteiger partial charge on any atom is 0.0743 e. The quantitative estimate of drug-likeness (QED) is 0.837. The lowest BCUT2D eigenvalue weighted by molar-refractivity contribution is 0.491. The largest absolute Gasteiger partial charge is 0.298 e. The van der Waals surface area contributed by atoms with E-state index in [1.165, 1.54) is 0 Å². The van der Waals surface area contributed by atoms with Crippen molar-refractivity contribution in [1.29, 1.82) is 0 Å². The normalized spacial score (nSPS) is 11.1. The highest BCUT2D eigenvalue weighted by Gasteiger charge is 2.12. The van der Waals surface area contributed by atoms with Crippen LogP contribution in [0, 0.1) is 12.3 Å². The molecule has 80 valence electrons. The van der Waals surface area contributed by atoms with Gasteiger partial charge in [0.2, 0.25) is 0 Å². The Labute approximate surface area is 104 Å². The van der Waals surface area contributed by atoms with Crippen molar-refractivity contribution < 1.29 is 0 Å². The summed E-state index contributed by atoms with van der Waals surface area (Å²) in [5.41, 5.74) is 0.862. The smallest absolute Gasteiger partial charge is 0.0743 e. The van der Waals surface area contributed by atoms with Gasteiger partial charge in [-0.2, -0.15) is 0 Å². The summed E-state index contributed by atoms with van der Waals surface area (Å²) in [6, 6.07) is 5.83. The third-order valence-electron chi connectivity index (χ3n) is 2.08. The molecule has 0 saturated carbocycles. The van der Waals surface area contributed by atoms with Crippen LogP contribution in [0.2, 0.25) is 5.02 Å². The molecule has 0 fully saturated rings. The highest BCUT2D eigenvalue weighted by molar-refractivity contribution is 9.10. The van der Waals surface area contributed by atoms with Gasteiger partial charge in [0.15, 0.2) is 0 Å². The summed E-state index contributed by atoms with van der Waals surface area (Å²) in [6.07, 6.45) is 5.38. The fraction of sp³-hybridized carbons (Fsp3) is 0.333. The molecule has 0 aromatic heterocycles. The van der Waals surface area contributed by atoms with Crippen molar-refractivity contribution in [3.63, 3.8) is 0 Å². The van der Waals surface area contributed by atoms with Crippen LogP contribution in [-0.2, 0) is 6.54 Å². The van der Waals surface area contributed by atoms with Crippen molar-refractivity contribution in [2.75, 3.05) is 0 Å². The molecule has 0 radical (unpaired) electrons. The van der Waals surface area contributed by atoms with E-state index < -0.39 is 0 Å². The van der Waals surface area contributed by atoms with Crippen LogP contribution in [0.25, 0.3) is 0 Å². The van der Waals surface area contributed by atoms with Crippen LogP contribution < -0.4 is 5.32 Å². The van der Waals surface area contributed by atoms with Gasteiger partial charge in [-0.05, 0) is 47.5 Å². The Morgan fingerprint density at radius 1 is 1.53 bits per heavy atom. The first-order valence-electron chi connectivity index (χ1n) is 4.61. The van der Waals surface area contributed by atoms with Gasteiger partial charge >= 0.3 is 0 Å². The second-order valence-corrected chi connectivity index (χ2v) is 5.13. The van der Waals surface area contributed by atoms with E-state index in [9.17, 15) is 0 Å². The van der Waals surface area contributed by atoms with Crippen molar-refractivity contribution in [3.8, 4) is 12.3 Å². The standard InChI is InChI=1S/C12H13BrClN/c1-4-12(2,3)15-8-9-5-6-11(14)10(13)7-9/h1,5-7,15H,8H2,2-3H3. The lowest BCUT2D eigenvalue weighted by atomic mass is 10.1. The molecule has 0 saturated heterocycles. The number of rotatable bonds is 3. The molecule has 1 aromatic rings. The minimum atomic E-state index is -0.286. The van der Waals surface area contributed by atoms with E-state index >= 15 is 0 Å². The Bertz CT molecular complexity index is 393. The molecule has 3 heteroatoms. The summed E-state index contributed by atoms with van der Waals surface area (Å²) in [4.78, 5) is 0. The fourth-order valence-electron chi connectivity index (χ4n) is 1.02. The van der Waals surface area contributed by atoms with Gasteiger partial charge in [0.05, 0.1) is 10.6 Å². The molecule has 0 heterocycles. The average molecular weight is 287 g/mol. The van der Waals surface area contributed by atoms with Crippen LogP contribution in [0.5, 0.6) is 0 Å². The van der Waals surface area contributed by atoms with Crippen LogP contribution >= 0.6 is 27.5 Å². The molecular formula is C12H13BrClN. The molecular weight excluding hydrogens is 273 g/mol. The number of halogens is 2. The average Bonchev–Trinajstić information content (AvgIpc) is 2.20. The van der Waals surface area contributed by atoms with Gasteiger partial charge in [0, 0.05) is 11.0 Å². The van der Waals surface area contributed by atoms with E-state index in [1.807, 2.05) is 32.0 Å². The second kappa shape index (κ2) is 5.03. The van der Waals surface area contributed by atoms with Gasteiger partial charge in [-0.25, -0.2) is 0 Å². The van der Waals surface area contributed by atoms with Gasteiger partial charge in [-0.15, -0.1) is 6.42 Å². The van der Waals surface area contributed by atoms with Gasteiger partial charge in [-0.1, -0.05) is 23.6 Å². The molecule has 0 aliphatic carbocycles. The molecule has 0 aliphatic rings. The van der Waals surface area contributed by atoms with Gasteiger partial charge in [0.25, 0.3) is 0 Å². The molecule has 0 amide bonds. The Morgan fingerprint density at radius 2 is 2.20 bits per heavy atom. The Morgan fingerprint density at radius 3 is 2.73 bits per heavy atom. The van der Waals surface area contributed by atoms with Crippen LogP contribution in [-0.4, -0.2) is 5.54 Å². The highest BCUT2D eigenvalue weighted by atomic mass is 79.9. The summed E-state index contributed by atoms with van der Waals surface area (Å²) in [7, 11) is 0. The SMILES string of the molecule is C#CC(C)(C)NCc1ccc(Cl)c(Br)c1. The second-order valence-electron chi connectivity index (χ2n) is 3.87. The van der Waals surface area contributed by atoms with Gasteiger partial charge in [-0.3, -0.25) is 5.32 Å². The zero-order chi connectivity index (χ0) is 11.5. The van der Waals surface area contributed by atoms with Crippen molar-refractivity contribution >= 4 is 27.5 Å². The third kappa shape index (κ3) is 3.87. The van der Waals surface area contributed by atoms with Crippen LogP contribution in [0.4, 0.5) is 0 Å². The number of terminal acetylenes is 1. The monoisotopic (exact) mass is 285 g/mol. The van der Waals surface area contributed by atoms with E-state index in [1.54, 1.807) is 0 Å². The van der Waals surface area contributed by atoms with Crippen molar-refractivity contribution in [2.45, 2.75) is 25.9 Å². The summed E-state index contributed by atoms with van der Waals surface area (Å²) in [5, 5.41) is 3.99. The van der Waals surface area contributed by atoms with Crippen molar-refractivity contribution in [2.24, 2.45) is 0 Å². The minimum absolute atomic E-state index is 0.286. The summed E-state index contributed by atoms with van der Waals surface area (Å²) in [6.45, 7) is 4.67. The van der Waals surface area contributed by atoms with E-state index in [4.69, 9.17) is 18.0 Å². The molecule has 1 nitrogen and oxygen atoms in total. The predicted molar refractivity (Wildman–Crippen MR) is 68.9 cm³/mol. The van der Waals surface area contributed by atoms with E-state index in [-0.39, 0.29) is 5.54 Å². The summed E-state index contributed by atoms with van der Waals surface area (Å²) >= 11 is 9.28. The molecule has 0 unspecified atom stereocenters. The molecule has 1 rings (SSSR count). The predicted octanol–water partition coefficient (Wildman–Crippen LogP) is 3.60. The molecule has 0 aliphatic heterocycles. The zero-order valence-corrected chi connectivity index (χ0v) is 11.1. The van der Waals surface area contributed by atoms with Crippen molar-refractivity contribution in [1.82, 2.24) is 5.32 Å². The molecule has 0 spiro atoms. The first kappa shape index (κ1) is 12.6. The topological polar surface area (TPSA) is 12.0 Å². The van der Waals surface area contributed by atoms with E-state index in [0.29, 0.717) is 0 Å². The first-order chi connectivity index (χ1) is 6.94. The number of hydrogen-bond acceptors (Lipinski definition) is 1. The van der Waals surface area contributed by atoms with Crippen molar-refractivity contribution in [3.05, 3.63) is 33.3 Å². The van der Waals surface area contributed by atoms with Crippen LogP contribution in [0.15, 0.2) is 22.7 Å². The molecule has 1 N–H and O–H groups in total. The Hall–Kier alpha value is -0.490. The number of hydrogen-bond donors (Lipinski definition) is 1. The summed E-state index contributed by atoms with van der Waals surface area (Å²) in [5.74, 6) is 2.69. The van der Waals surface area contributed by atoms with Gasteiger partial charge in [0.1, 0.15) is 0 Å². The van der Waals surface area contributed by atoms with Gasteiger partial charge < -0.3 is 0 Å². The maximum absolute atomic E-state index is 5.90. The van der Waals surface area contributed by atoms with Crippen LogP contribution in [0.3, 0.4) is 0 Å². The van der Waals surface area contributed by atoms with Crippen LogP contribution in [0.1, 0.15) is 19.4 Å². The minimum Gasteiger partial charge on any atom is -0.298 e.